The van der Waals surface area contributed by atoms with Crippen LogP contribution in [0.2, 0.25) is 10.0 Å². The standard InChI is InChI=1S/C29H30Cl2N2O4S/c1-5-6-7-14-36-22-12-9-19(10-13-22)26-25(28(35)37-17(2)3)18(4)32-29-33(26)27(34)24(38-29)15-20-8-11-21(30)16-23(20)31/h8-13,15-17,26H,5-7,14H2,1-4H3. The van der Waals surface area contributed by atoms with E-state index in [4.69, 9.17) is 32.7 Å². The second-order valence-electron chi connectivity index (χ2n) is 9.33. The highest BCUT2D eigenvalue weighted by Gasteiger charge is 2.33. The summed E-state index contributed by atoms with van der Waals surface area (Å²) in [6, 6.07) is 11.9. The smallest absolute Gasteiger partial charge is 0.338 e. The monoisotopic (exact) mass is 572 g/mol. The Kier molecular flexibility index (Phi) is 9.13. The molecule has 0 spiro atoms. The Morgan fingerprint density at radius 1 is 1.16 bits per heavy atom. The molecule has 1 aromatic heterocycles. The minimum atomic E-state index is -0.700. The van der Waals surface area contributed by atoms with E-state index in [-0.39, 0.29) is 11.7 Å². The molecule has 0 amide bonds. The van der Waals surface area contributed by atoms with Crippen molar-refractivity contribution in [3.05, 3.63) is 94.6 Å². The van der Waals surface area contributed by atoms with Crippen molar-refractivity contribution in [1.29, 1.82) is 0 Å². The van der Waals surface area contributed by atoms with Gasteiger partial charge in [-0.05, 0) is 68.7 Å². The number of unbranched alkanes of at least 4 members (excludes halogenated alkanes) is 2. The van der Waals surface area contributed by atoms with Gasteiger partial charge in [0.05, 0.1) is 34.6 Å². The summed E-state index contributed by atoms with van der Waals surface area (Å²) in [5.74, 6) is 0.239. The topological polar surface area (TPSA) is 69.9 Å². The second kappa shape index (κ2) is 12.3. The first-order valence-corrected chi connectivity index (χ1v) is 14.2. The van der Waals surface area contributed by atoms with E-state index < -0.39 is 12.0 Å². The van der Waals surface area contributed by atoms with E-state index in [0.29, 0.717) is 42.8 Å². The molecule has 4 rings (SSSR count). The van der Waals surface area contributed by atoms with Crippen LogP contribution in [0.25, 0.3) is 6.08 Å². The Morgan fingerprint density at radius 2 is 1.89 bits per heavy atom. The quantitative estimate of drug-likeness (QED) is 0.231. The van der Waals surface area contributed by atoms with Gasteiger partial charge < -0.3 is 9.47 Å². The second-order valence-corrected chi connectivity index (χ2v) is 11.2. The number of aromatic nitrogens is 1. The Hall–Kier alpha value is -2.87. The van der Waals surface area contributed by atoms with Crippen molar-refractivity contribution in [2.24, 2.45) is 4.99 Å². The van der Waals surface area contributed by atoms with Gasteiger partial charge in [0.2, 0.25) is 0 Å². The molecule has 0 bridgehead atoms. The minimum Gasteiger partial charge on any atom is -0.494 e. The molecule has 0 N–H and O–H groups in total. The lowest BCUT2D eigenvalue weighted by Crippen LogP contribution is -2.40. The number of fused-ring (bicyclic) bond motifs is 1. The van der Waals surface area contributed by atoms with E-state index in [2.05, 4.69) is 11.9 Å². The molecule has 1 aliphatic rings. The van der Waals surface area contributed by atoms with Crippen LogP contribution in [0.5, 0.6) is 5.75 Å². The average Bonchev–Trinajstić information content (AvgIpc) is 3.17. The fraction of sp³-hybridized carbons (Fsp3) is 0.345. The molecule has 2 aromatic carbocycles. The molecule has 0 fully saturated rings. The Morgan fingerprint density at radius 3 is 2.55 bits per heavy atom. The van der Waals surface area contributed by atoms with Crippen LogP contribution in [0.3, 0.4) is 0 Å². The molecule has 9 heteroatoms. The molecular formula is C29H30Cl2N2O4S. The predicted molar refractivity (Wildman–Crippen MR) is 153 cm³/mol. The number of benzene rings is 2. The molecule has 1 atom stereocenters. The normalized spacial score (nSPS) is 15.4. The number of hydrogen-bond acceptors (Lipinski definition) is 6. The number of ether oxygens (including phenoxy) is 2. The fourth-order valence-corrected chi connectivity index (χ4v) is 5.72. The maximum Gasteiger partial charge on any atom is 0.338 e. The van der Waals surface area contributed by atoms with Crippen LogP contribution < -0.4 is 19.6 Å². The summed E-state index contributed by atoms with van der Waals surface area (Å²) in [4.78, 5) is 32.1. The summed E-state index contributed by atoms with van der Waals surface area (Å²) in [5, 5.41) is 0.946. The lowest BCUT2D eigenvalue weighted by Gasteiger charge is -2.25. The van der Waals surface area contributed by atoms with Gasteiger partial charge in [-0.3, -0.25) is 9.36 Å². The van der Waals surface area contributed by atoms with Gasteiger partial charge in [-0.2, -0.15) is 0 Å². The Labute approximate surface area is 235 Å². The van der Waals surface area contributed by atoms with Crippen molar-refractivity contribution in [2.75, 3.05) is 6.61 Å². The average molecular weight is 574 g/mol. The zero-order valence-electron chi connectivity index (χ0n) is 21.8. The number of carbonyl (C=O) groups is 1. The molecule has 1 aliphatic heterocycles. The first-order valence-electron chi connectivity index (χ1n) is 12.6. The number of nitrogens with zero attached hydrogens (tertiary/aromatic N) is 2. The van der Waals surface area contributed by atoms with Crippen molar-refractivity contribution in [3.8, 4) is 5.75 Å². The summed E-state index contributed by atoms with van der Waals surface area (Å²) in [5.41, 5.74) is 1.99. The summed E-state index contributed by atoms with van der Waals surface area (Å²) in [7, 11) is 0. The summed E-state index contributed by atoms with van der Waals surface area (Å²) >= 11 is 13.6. The summed E-state index contributed by atoms with van der Waals surface area (Å²) in [6.45, 7) is 8.14. The highest BCUT2D eigenvalue weighted by Crippen LogP contribution is 2.32. The first-order chi connectivity index (χ1) is 18.2. The molecular weight excluding hydrogens is 543 g/mol. The number of rotatable bonds is 9. The van der Waals surface area contributed by atoms with E-state index in [1.165, 1.54) is 11.3 Å². The third-order valence-electron chi connectivity index (χ3n) is 6.05. The third kappa shape index (κ3) is 6.22. The highest BCUT2D eigenvalue weighted by atomic mass is 35.5. The number of esters is 1. The van der Waals surface area contributed by atoms with E-state index in [9.17, 15) is 9.59 Å². The number of halogens is 2. The van der Waals surface area contributed by atoms with E-state index >= 15 is 0 Å². The van der Waals surface area contributed by atoms with Crippen LogP contribution in [0.1, 0.15) is 64.1 Å². The highest BCUT2D eigenvalue weighted by molar-refractivity contribution is 7.07. The van der Waals surface area contributed by atoms with Crippen LogP contribution in [0.15, 0.2) is 63.5 Å². The van der Waals surface area contributed by atoms with Crippen LogP contribution >= 0.6 is 34.5 Å². The molecule has 3 aromatic rings. The zero-order valence-corrected chi connectivity index (χ0v) is 24.1. The van der Waals surface area contributed by atoms with Gasteiger partial charge in [0.15, 0.2) is 4.80 Å². The lowest BCUT2D eigenvalue weighted by molar-refractivity contribution is -0.143. The van der Waals surface area contributed by atoms with Gasteiger partial charge in [0, 0.05) is 10.0 Å². The molecule has 6 nitrogen and oxygen atoms in total. The van der Waals surface area contributed by atoms with Crippen LogP contribution in [0.4, 0.5) is 0 Å². The fourth-order valence-electron chi connectivity index (χ4n) is 4.22. The Bertz CT molecular complexity index is 1540. The van der Waals surface area contributed by atoms with Crippen molar-refractivity contribution in [2.45, 2.75) is 59.1 Å². The van der Waals surface area contributed by atoms with Crippen LogP contribution in [0, 0.1) is 0 Å². The maximum absolute atomic E-state index is 13.8. The molecule has 38 heavy (non-hydrogen) atoms. The van der Waals surface area contributed by atoms with Gasteiger partial charge in [-0.1, -0.05) is 72.5 Å². The van der Waals surface area contributed by atoms with Gasteiger partial charge in [-0.25, -0.2) is 9.79 Å². The molecule has 200 valence electrons. The van der Waals surface area contributed by atoms with Crippen molar-refractivity contribution in [1.82, 2.24) is 4.57 Å². The number of hydrogen-bond donors (Lipinski definition) is 0. The SMILES string of the molecule is CCCCCOc1ccc(C2C(C(=O)OC(C)C)=C(C)N=c3sc(=Cc4ccc(Cl)cc4Cl)c(=O)n32)cc1. The van der Waals surface area contributed by atoms with Gasteiger partial charge in [-0.15, -0.1) is 0 Å². The van der Waals surface area contributed by atoms with Crippen LogP contribution in [-0.2, 0) is 9.53 Å². The zero-order chi connectivity index (χ0) is 27.4. The van der Waals surface area contributed by atoms with Gasteiger partial charge in [0.25, 0.3) is 5.56 Å². The van der Waals surface area contributed by atoms with Crippen LogP contribution in [-0.4, -0.2) is 23.2 Å². The molecule has 2 heterocycles. The van der Waals surface area contributed by atoms with Crippen molar-refractivity contribution in [3.63, 3.8) is 0 Å². The van der Waals surface area contributed by atoms with Crippen molar-refractivity contribution < 1.29 is 14.3 Å². The largest absolute Gasteiger partial charge is 0.494 e. The molecule has 0 radical (unpaired) electrons. The third-order valence-corrected chi connectivity index (χ3v) is 7.59. The summed E-state index contributed by atoms with van der Waals surface area (Å²) < 4.78 is 13.4. The van der Waals surface area contributed by atoms with Crippen molar-refractivity contribution >= 4 is 46.6 Å². The number of thiazole rings is 1. The molecule has 0 saturated carbocycles. The van der Waals surface area contributed by atoms with E-state index in [0.717, 1.165) is 30.6 Å². The molecule has 0 aliphatic carbocycles. The Balaban J connectivity index is 1.81. The van der Waals surface area contributed by atoms with Gasteiger partial charge in [0.1, 0.15) is 5.75 Å². The minimum absolute atomic E-state index is 0.271. The summed E-state index contributed by atoms with van der Waals surface area (Å²) in [6.07, 6.45) is 4.62. The first kappa shape index (κ1) is 28.1. The predicted octanol–water partition coefficient (Wildman–Crippen LogP) is 6.06. The van der Waals surface area contributed by atoms with E-state index in [1.807, 2.05) is 24.3 Å². The number of allylic oxidation sites excluding steroid dienone is 1. The number of carbonyl (C=O) groups excluding carboxylic acids is 1. The van der Waals surface area contributed by atoms with E-state index in [1.54, 1.807) is 49.6 Å². The molecule has 1 unspecified atom stereocenters. The molecule has 0 saturated heterocycles. The van der Waals surface area contributed by atoms with Gasteiger partial charge >= 0.3 is 5.97 Å². The maximum atomic E-state index is 13.8. The lowest BCUT2D eigenvalue weighted by atomic mass is 9.96.